The first-order valence-electron chi connectivity index (χ1n) is 8.40. The quantitative estimate of drug-likeness (QED) is 0.447. The number of benzene rings is 3. The fourth-order valence-electron chi connectivity index (χ4n) is 2.55. The first kappa shape index (κ1) is 17.4. The van der Waals surface area contributed by atoms with Crippen molar-refractivity contribution in [3.05, 3.63) is 108 Å². The third-order valence-electron chi connectivity index (χ3n) is 3.82. The van der Waals surface area contributed by atoms with Crippen LogP contribution >= 0.6 is 0 Å². The minimum Gasteiger partial charge on any atom is -0.496 e. The number of ether oxygens (including phenoxy) is 1. The van der Waals surface area contributed by atoms with Gasteiger partial charge in [-0.25, -0.2) is 0 Å². The van der Waals surface area contributed by atoms with Crippen molar-refractivity contribution in [1.29, 1.82) is 0 Å². The SMILES string of the molecule is COc1ccccc1/C=C/C=N\N=C(c1ccccc1)c1ccccc1. The second kappa shape index (κ2) is 9.14. The van der Waals surface area contributed by atoms with Crippen molar-refractivity contribution < 1.29 is 4.74 Å². The molecule has 3 nitrogen and oxygen atoms in total. The van der Waals surface area contributed by atoms with Crippen LogP contribution in [-0.4, -0.2) is 19.0 Å². The van der Waals surface area contributed by atoms with E-state index in [0.717, 1.165) is 28.2 Å². The standard InChI is InChI=1S/C23H20N2O/c1-26-22-17-9-8-11-19(22)16-10-18-24-25-23(20-12-4-2-5-13-20)21-14-6-3-7-15-21/h2-18H,1H3/b16-10+,24-18-. The average molecular weight is 340 g/mol. The van der Waals surface area contributed by atoms with Crippen molar-refractivity contribution in [2.75, 3.05) is 7.11 Å². The van der Waals surface area contributed by atoms with Crippen LogP contribution in [0.15, 0.2) is 101 Å². The summed E-state index contributed by atoms with van der Waals surface area (Å²) in [5.41, 5.74) is 3.90. The maximum absolute atomic E-state index is 5.33. The van der Waals surface area contributed by atoms with Crippen LogP contribution in [0.3, 0.4) is 0 Å². The van der Waals surface area contributed by atoms with Crippen LogP contribution < -0.4 is 4.74 Å². The van der Waals surface area contributed by atoms with Gasteiger partial charge < -0.3 is 4.74 Å². The lowest BCUT2D eigenvalue weighted by Crippen LogP contribution is -2.02. The Morgan fingerprint density at radius 1 is 0.769 bits per heavy atom. The first-order valence-corrected chi connectivity index (χ1v) is 8.40. The zero-order chi connectivity index (χ0) is 18.0. The molecular formula is C23H20N2O. The molecule has 0 aromatic heterocycles. The predicted octanol–water partition coefficient (Wildman–Crippen LogP) is 5.23. The van der Waals surface area contributed by atoms with Gasteiger partial charge in [-0.3, -0.25) is 0 Å². The van der Waals surface area contributed by atoms with Gasteiger partial charge in [0.15, 0.2) is 0 Å². The number of allylic oxidation sites excluding steroid dienone is 1. The Hall–Kier alpha value is -3.46. The largest absolute Gasteiger partial charge is 0.496 e. The molecule has 3 heteroatoms. The summed E-state index contributed by atoms with van der Waals surface area (Å²) in [6.45, 7) is 0. The summed E-state index contributed by atoms with van der Waals surface area (Å²) in [5.74, 6) is 0.829. The van der Waals surface area contributed by atoms with Crippen molar-refractivity contribution in [3.63, 3.8) is 0 Å². The van der Waals surface area contributed by atoms with E-state index in [9.17, 15) is 0 Å². The number of para-hydroxylation sites is 1. The minimum atomic E-state index is 0.829. The van der Waals surface area contributed by atoms with Crippen LogP contribution in [0.5, 0.6) is 5.75 Å². The van der Waals surface area contributed by atoms with Gasteiger partial charge in [0.25, 0.3) is 0 Å². The smallest absolute Gasteiger partial charge is 0.126 e. The molecule has 26 heavy (non-hydrogen) atoms. The normalized spacial score (nSPS) is 11.0. The summed E-state index contributed by atoms with van der Waals surface area (Å²) in [5, 5.41) is 8.67. The summed E-state index contributed by atoms with van der Waals surface area (Å²) < 4.78 is 5.33. The number of nitrogens with zero attached hydrogens (tertiary/aromatic N) is 2. The van der Waals surface area contributed by atoms with Crippen LogP contribution in [0.4, 0.5) is 0 Å². The molecule has 0 aliphatic rings. The van der Waals surface area contributed by atoms with Crippen molar-refractivity contribution in [3.8, 4) is 5.75 Å². The Labute approximate surface area is 154 Å². The highest BCUT2D eigenvalue weighted by atomic mass is 16.5. The third-order valence-corrected chi connectivity index (χ3v) is 3.82. The highest BCUT2D eigenvalue weighted by molar-refractivity contribution is 6.12. The van der Waals surface area contributed by atoms with E-state index in [1.54, 1.807) is 13.3 Å². The third kappa shape index (κ3) is 4.54. The maximum Gasteiger partial charge on any atom is 0.126 e. The molecule has 0 N–H and O–H groups in total. The van der Waals surface area contributed by atoms with Gasteiger partial charge in [0.05, 0.1) is 7.11 Å². The molecule has 0 fully saturated rings. The zero-order valence-corrected chi connectivity index (χ0v) is 14.6. The molecule has 0 amide bonds. The molecule has 3 aromatic rings. The molecule has 128 valence electrons. The van der Waals surface area contributed by atoms with Gasteiger partial charge in [-0.1, -0.05) is 78.9 Å². The van der Waals surface area contributed by atoms with Gasteiger partial charge in [0, 0.05) is 22.9 Å². The van der Waals surface area contributed by atoms with E-state index in [-0.39, 0.29) is 0 Å². The highest BCUT2D eigenvalue weighted by Gasteiger charge is 2.05. The number of hydrogen-bond donors (Lipinski definition) is 0. The van der Waals surface area contributed by atoms with Crippen LogP contribution in [0.25, 0.3) is 6.08 Å². The summed E-state index contributed by atoms with van der Waals surface area (Å²) in [6.07, 6.45) is 5.48. The fourth-order valence-corrected chi connectivity index (χ4v) is 2.55. The lowest BCUT2D eigenvalue weighted by atomic mass is 10.0. The highest BCUT2D eigenvalue weighted by Crippen LogP contribution is 2.18. The molecule has 0 radical (unpaired) electrons. The molecule has 0 spiro atoms. The van der Waals surface area contributed by atoms with E-state index < -0.39 is 0 Å². The lowest BCUT2D eigenvalue weighted by Gasteiger charge is -2.04. The van der Waals surface area contributed by atoms with E-state index in [2.05, 4.69) is 10.2 Å². The lowest BCUT2D eigenvalue weighted by molar-refractivity contribution is 0.414. The Kier molecular flexibility index (Phi) is 6.10. The fraction of sp³-hybridized carbons (Fsp3) is 0.0435. The summed E-state index contributed by atoms with van der Waals surface area (Å²) in [4.78, 5) is 0. The zero-order valence-electron chi connectivity index (χ0n) is 14.6. The topological polar surface area (TPSA) is 34.0 Å². The van der Waals surface area contributed by atoms with Crippen LogP contribution in [0.1, 0.15) is 16.7 Å². The van der Waals surface area contributed by atoms with Crippen molar-refractivity contribution >= 4 is 18.0 Å². The van der Waals surface area contributed by atoms with E-state index in [1.807, 2.05) is 97.1 Å². The Balaban J connectivity index is 1.83. The van der Waals surface area contributed by atoms with E-state index >= 15 is 0 Å². The van der Waals surface area contributed by atoms with E-state index in [0.29, 0.717) is 0 Å². The molecule has 0 aliphatic heterocycles. The average Bonchev–Trinajstić information content (AvgIpc) is 2.72. The van der Waals surface area contributed by atoms with Crippen LogP contribution in [-0.2, 0) is 0 Å². The van der Waals surface area contributed by atoms with Gasteiger partial charge >= 0.3 is 0 Å². The predicted molar refractivity (Wildman–Crippen MR) is 109 cm³/mol. The number of methoxy groups -OCH3 is 1. The first-order chi connectivity index (χ1) is 12.9. The molecule has 3 rings (SSSR count). The second-order valence-corrected chi connectivity index (χ2v) is 5.55. The maximum atomic E-state index is 5.33. The van der Waals surface area contributed by atoms with E-state index in [1.165, 1.54) is 0 Å². The minimum absolute atomic E-state index is 0.829. The van der Waals surface area contributed by atoms with Gasteiger partial charge in [0.1, 0.15) is 11.5 Å². The number of hydrogen-bond acceptors (Lipinski definition) is 3. The number of rotatable bonds is 6. The molecule has 0 aliphatic carbocycles. The van der Waals surface area contributed by atoms with Crippen LogP contribution in [0, 0.1) is 0 Å². The van der Waals surface area contributed by atoms with E-state index in [4.69, 9.17) is 4.74 Å². The van der Waals surface area contributed by atoms with Crippen molar-refractivity contribution in [1.82, 2.24) is 0 Å². The van der Waals surface area contributed by atoms with Gasteiger partial charge in [-0.05, 0) is 18.2 Å². The molecule has 0 saturated heterocycles. The summed E-state index contributed by atoms with van der Waals surface area (Å²) >= 11 is 0. The molecule has 3 aromatic carbocycles. The molecular weight excluding hydrogens is 320 g/mol. The summed E-state index contributed by atoms with van der Waals surface area (Å²) in [6, 6.07) is 28.0. The monoisotopic (exact) mass is 340 g/mol. The van der Waals surface area contributed by atoms with Gasteiger partial charge in [-0.15, -0.1) is 5.10 Å². The molecule has 0 bridgehead atoms. The Morgan fingerprint density at radius 3 is 1.96 bits per heavy atom. The Morgan fingerprint density at radius 2 is 1.35 bits per heavy atom. The molecule has 0 atom stereocenters. The van der Waals surface area contributed by atoms with Gasteiger partial charge in [0.2, 0.25) is 0 Å². The summed E-state index contributed by atoms with van der Waals surface area (Å²) in [7, 11) is 1.66. The molecule has 0 unspecified atom stereocenters. The Bertz CT molecular complexity index is 872. The molecule has 0 saturated carbocycles. The molecule has 0 heterocycles. The van der Waals surface area contributed by atoms with Crippen molar-refractivity contribution in [2.45, 2.75) is 0 Å². The van der Waals surface area contributed by atoms with Gasteiger partial charge in [-0.2, -0.15) is 5.10 Å². The van der Waals surface area contributed by atoms with Crippen LogP contribution in [0.2, 0.25) is 0 Å². The van der Waals surface area contributed by atoms with Crippen molar-refractivity contribution in [2.24, 2.45) is 10.2 Å². The second-order valence-electron chi connectivity index (χ2n) is 5.55.